The minimum atomic E-state index is 0.448. The van der Waals surface area contributed by atoms with Crippen LogP contribution in [0.3, 0.4) is 0 Å². The van der Waals surface area contributed by atoms with Gasteiger partial charge in [0.1, 0.15) is 5.15 Å². The molecule has 0 aliphatic carbocycles. The summed E-state index contributed by atoms with van der Waals surface area (Å²) in [5.74, 6) is 0. The van der Waals surface area contributed by atoms with Crippen molar-refractivity contribution in [2.45, 2.75) is 0 Å². The van der Waals surface area contributed by atoms with E-state index in [4.69, 9.17) is 11.6 Å². The van der Waals surface area contributed by atoms with Gasteiger partial charge in [-0.2, -0.15) is 5.10 Å². The third kappa shape index (κ3) is 0.987. The van der Waals surface area contributed by atoms with Crippen LogP contribution in [0.25, 0.3) is 11.7 Å². The molecular weight excluding hydrogens is 174 g/mol. The first-order valence-corrected chi connectivity index (χ1v) is 3.82. The number of nitrogens with zero attached hydrogens (tertiary/aromatic N) is 3. The third-order valence-corrected chi connectivity index (χ3v) is 1.77. The van der Waals surface area contributed by atoms with Crippen LogP contribution in [0.4, 0.5) is 0 Å². The minimum Gasteiger partial charge on any atom is -0.235 e. The minimum absolute atomic E-state index is 0.448. The molecule has 0 aliphatic heterocycles. The van der Waals surface area contributed by atoms with Crippen LogP contribution in [0.5, 0.6) is 0 Å². The van der Waals surface area contributed by atoms with E-state index in [0.717, 1.165) is 11.3 Å². The van der Waals surface area contributed by atoms with Crippen LogP contribution in [-0.4, -0.2) is 14.6 Å². The molecule has 0 unspecified atom stereocenters. The molecule has 0 spiro atoms. The van der Waals surface area contributed by atoms with Gasteiger partial charge in [0.25, 0.3) is 0 Å². The summed E-state index contributed by atoms with van der Waals surface area (Å²) in [4.78, 5) is 4.10. The molecule has 2 aromatic rings. The largest absolute Gasteiger partial charge is 0.235 e. The normalized spacial score (nSPS) is 10.4. The molecule has 0 atom stereocenters. The van der Waals surface area contributed by atoms with Gasteiger partial charge < -0.3 is 0 Å². The molecule has 0 N–H and O–H groups in total. The SMILES string of the molecule is C=Cc1cnc2ccc(Cl)nn12. The van der Waals surface area contributed by atoms with Crippen molar-refractivity contribution in [3.8, 4) is 0 Å². The highest BCUT2D eigenvalue weighted by atomic mass is 35.5. The Bertz CT molecular complexity index is 433. The summed E-state index contributed by atoms with van der Waals surface area (Å²) in [5, 5.41) is 4.50. The van der Waals surface area contributed by atoms with E-state index in [-0.39, 0.29) is 0 Å². The van der Waals surface area contributed by atoms with Crippen LogP contribution < -0.4 is 0 Å². The van der Waals surface area contributed by atoms with E-state index in [9.17, 15) is 0 Å². The standard InChI is InChI=1S/C8H6ClN3/c1-2-6-5-10-8-4-3-7(9)11-12(6)8/h2-5H,1H2. The van der Waals surface area contributed by atoms with Gasteiger partial charge in [-0.15, -0.1) is 0 Å². The maximum Gasteiger partial charge on any atom is 0.154 e. The van der Waals surface area contributed by atoms with Gasteiger partial charge in [0, 0.05) is 0 Å². The lowest BCUT2D eigenvalue weighted by Crippen LogP contribution is -1.92. The molecule has 2 rings (SSSR count). The molecule has 0 aliphatic rings. The maximum atomic E-state index is 5.71. The van der Waals surface area contributed by atoms with Gasteiger partial charge in [-0.1, -0.05) is 18.2 Å². The molecule has 0 radical (unpaired) electrons. The van der Waals surface area contributed by atoms with Crippen molar-refractivity contribution < 1.29 is 0 Å². The fraction of sp³-hybridized carbons (Fsp3) is 0. The molecule has 3 nitrogen and oxygen atoms in total. The summed E-state index contributed by atoms with van der Waals surface area (Å²) in [5.41, 5.74) is 1.61. The van der Waals surface area contributed by atoms with Crippen molar-refractivity contribution in [3.05, 3.63) is 35.8 Å². The Kier molecular flexibility index (Phi) is 1.59. The Morgan fingerprint density at radius 1 is 1.50 bits per heavy atom. The molecule has 2 heterocycles. The smallest absolute Gasteiger partial charge is 0.154 e. The Morgan fingerprint density at radius 2 is 2.33 bits per heavy atom. The Balaban J connectivity index is 2.83. The molecule has 0 amide bonds. The first-order chi connectivity index (χ1) is 5.81. The summed E-state index contributed by atoms with van der Waals surface area (Å²) >= 11 is 5.71. The average Bonchev–Trinajstić information content (AvgIpc) is 2.46. The van der Waals surface area contributed by atoms with E-state index in [1.54, 1.807) is 22.9 Å². The van der Waals surface area contributed by atoms with Crippen LogP contribution >= 0.6 is 11.6 Å². The lowest BCUT2D eigenvalue weighted by molar-refractivity contribution is 0.927. The number of halogens is 1. The first kappa shape index (κ1) is 7.31. The second-order valence-corrected chi connectivity index (χ2v) is 2.70. The lowest BCUT2D eigenvalue weighted by atomic mass is 10.5. The molecule has 0 bridgehead atoms. The molecule has 12 heavy (non-hydrogen) atoms. The van der Waals surface area contributed by atoms with E-state index in [2.05, 4.69) is 16.7 Å². The molecule has 0 aromatic carbocycles. The van der Waals surface area contributed by atoms with Gasteiger partial charge in [0.2, 0.25) is 0 Å². The van der Waals surface area contributed by atoms with Crippen LogP contribution in [-0.2, 0) is 0 Å². The van der Waals surface area contributed by atoms with Crippen molar-refractivity contribution in [1.82, 2.24) is 14.6 Å². The third-order valence-electron chi connectivity index (χ3n) is 1.57. The summed E-state index contributed by atoms with van der Waals surface area (Å²) in [6.07, 6.45) is 3.38. The summed E-state index contributed by atoms with van der Waals surface area (Å²) in [6, 6.07) is 3.51. The van der Waals surface area contributed by atoms with Gasteiger partial charge in [-0.3, -0.25) is 0 Å². The monoisotopic (exact) mass is 179 g/mol. The molecule has 60 valence electrons. The summed E-state index contributed by atoms with van der Waals surface area (Å²) < 4.78 is 1.65. The van der Waals surface area contributed by atoms with Crippen molar-refractivity contribution in [2.24, 2.45) is 0 Å². The lowest BCUT2D eigenvalue weighted by Gasteiger charge is -1.94. The zero-order valence-corrected chi connectivity index (χ0v) is 6.99. The number of rotatable bonds is 1. The predicted octanol–water partition coefficient (Wildman–Crippen LogP) is 2.03. The first-order valence-electron chi connectivity index (χ1n) is 3.44. The second kappa shape index (κ2) is 2.60. The van der Waals surface area contributed by atoms with Gasteiger partial charge in [-0.05, 0) is 18.2 Å². The fourth-order valence-corrected chi connectivity index (χ4v) is 1.15. The van der Waals surface area contributed by atoms with Crippen molar-refractivity contribution in [3.63, 3.8) is 0 Å². The topological polar surface area (TPSA) is 30.2 Å². The van der Waals surface area contributed by atoms with E-state index in [1.165, 1.54) is 0 Å². The quantitative estimate of drug-likeness (QED) is 0.671. The highest BCUT2D eigenvalue weighted by Crippen LogP contribution is 2.09. The Hall–Kier alpha value is -1.35. The molecular formula is C8H6ClN3. The van der Waals surface area contributed by atoms with Gasteiger partial charge in [0.05, 0.1) is 11.9 Å². The van der Waals surface area contributed by atoms with Crippen molar-refractivity contribution in [2.75, 3.05) is 0 Å². The molecule has 0 fully saturated rings. The molecule has 0 saturated carbocycles. The van der Waals surface area contributed by atoms with E-state index < -0.39 is 0 Å². The summed E-state index contributed by atoms with van der Waals surface area (Å²) in [7, 11) is 0. The van der Waals surface area contributed by atoms with Crippen LogP contribution in [0.2, 0.25) is 5.15 Å². The average molecular weight is 180 g/mol. The van der Waals surface area contributed by atoms with Gasteiger partial charge >= 0.3 is 0 Å². The zero-order chi connectivity index (χ0) is 8.55. The van der Waals surface area contributed by atoms with Gasteiger partial charge in [0.15, 0.2) is 5.65 Å². The van der Waals surface area contributed by atoms with Crippen LogP contribution in [0.15, 0.2) is 24.9 Å². The Labute approximate surface area is 74.3 Å². The van der Waals surface area contributed by atoms with Crippen LogP contribution in [0, 0.1) is 0 Å². The molecule has 2 aromatic heterocycles. The van der Waals surface area contributed by atoms with E-state index in [0.29, 0.717) is 5.15 Å². The maximum absolute atomic E-state index is 5.71. The molecule has 0 saturated heterocycles. The fourth-order valence-electron chi connectivity index (χ4n) is 1.01. The highest BCUT2D eigenvalue weighted by Gasteiger charge is 2.00. The van der Waals surface area contributed by atoms with Crippen molar-refractivity contribution in [1.29, 1.82) is 0 Å². The van der Waals surface area contributed by atoms with E-state index in [1.807, 2.05) is 6.07 Å². The summed E-state index contributed by atoms with van der Waals surface area (Å²) in [6.45, 7) is 3.64. The van der Waals surface area contributed by atoms with Gasteiger partial charge in [-0.25, -0.2) is 9.50 Å². The second-order valence-electron chi connectivity index (χ2n) is 2.31. The van der Waals surface area contributed by atoms with Crippen molar-refractivity contribution >= 4 is 23.3 Å². The number of aromatic nitrogens is 3. The number of fused-ring (bicyclic) bond motifs is 1. The predicted molar refractivity (Wildman–Crippen MR) is 48.1 cm³/mol. The van der Waals surface area contributed by atoms with Crippen LogP contribution in [0.1, 0.15) is 5.69 Å². The molecule has 4 heteroatoms. The Morgan fingerprint density at radius 3 is 3.08 bits per heavy atom. The number of imidazole rings is 1. The highest BCUT2D eigenvalue weighted by molar-refractivity contribution is 6.29. The number of hydrogen-bond donors (Lipinski definition) is 0. The van der Waals surface area contributed by atoms with E-state index >= 15 is 0 Å². The number of hydrogen-bond acceptors (Lipinski definition) is 2. The zero-order valence-electron chi connectivity index (χ0n) is 6.24.